The van der Waals surface area contributed by atoms with E-state index in [1.165, 1.54) is 18.2 Å². The van der Waals surface area contributed by atoms with Gasteiger partial charge in [-0.1, -0.05) is 18.2 Å². The van der Waals surface area contributed by atoms with E-state index in [-0.39, 0.29) is 17.7 Å². The Morgan fingerprint density at radius 3 is 2.41 bits per heavy atom. The summed E-state index contributed by atoms with van der Waals surface area (Å²) in [6.45, 7) is 2.83. The molecule has 5 nitrogen and oxygen atoms in total. The van der Waals surface area contributed by atoms with Crippen molar-refractivity contribution in [3.8, 4) is 22.4 Å². The summed E-state index contributed by atoms with van der Waals surface area (Å²) >= 11 is 0. The molecule has 0 amide bonds. The van der Waals surface area contributed by atoms with E-state index >= 15 is 0 Å². The average Bonchev–Trinajstić information content (AvgIpc) is 3.35. The first-order valence-corrected chi connectivity index (χ1v) is 10.5. The number of nitrogens with one attached hydrogen (secondary N) is 1. The second-order valence-corrected chi connectivity index (χ2v) is 7.73. The Hall–Kier alpha value is -3.42. The van der Waals surface area contributed by atoms with Gasteiger partial charge in [-0.15, -0.1) is 0 Å². The maximum Gasteiger partial charge on any atom is 0.131 e. The normalized spacial score (nSPS) is 15.6. The summed E-state index contributed by atoms with van der Waals surface area (Å²) in [6, 6.07) is 14.6. The van der Waals surface area contributed by atoms with Gasteiger partial charge in [-0.2, -0.15) is 5.10 Å². The van der Waals surface area contributed by atoms with E-state index in [4.69, 9.17) is 9.72 Å². The molecule has 3 heterocycles. The molecule has 7 heteroatoms. The maximum atomic E-state index is 14.9. The topological polar surface area (TPSA) is 54.0 Å². The molecule has 0 radical (unpaired) electrons. The Bertz CT molecular complexity index is 1190. The van der Waals surface area contributed by atoms with Gasteiger partial charge in [0.1, 0.15) is 11.6 Å². The molecule has 1 N–H and O–H groups in total. The van der Waals surface area contributed by atoms with Crippen LogP contribution in [0.15, 0.2) is 73.2 Å². The number of rotatable bonds is 5. The minimum Gasteiger partial charge on any atom is -0.379 e. The molecular weight excluding hydrogens is 410 g/mol. The second-order valence-electron chi connectivity index (χ2n) is 7.73. The summed E-state index contributed by atoms with van der Waals surface area (Å²) in [4.78, 5) is 7.06. The fourth-order valence-corrected chi connectivity index (χ4v) is 4.21. The highest BCUT2D eigenvalue weighted by Crippen LogP contribution is 2.37. The van der Waals surface area contributed by atoms with E-state index in [0.717, 1.165) is 29.8 Å². The first-order valence-electron chi connectivity index (χ1n) is 10.5. The smallest absolute Gasteiger partial charge is 0.131 e. The van der Waals surface area contributed by atoms with Crippen LogP contribution in [0.3, 0.4) is 0 Å². The van der Waals surface area contributed by atoms with Gasteiger partial charge in [0.15, 0.2) is 0 Å². The molecule has 5 rings (SSSR count). The summed E-state index contributed by atoms with van der Waals surface area (Å²) in [5, 5.41) is 7.03. The average molecular weight is 432 g/mol. The molecule has 0 bridgehead atoms. The molecule has 4 aromatic rings. The lowest BCUT2D eigenvalue weighted by molar-refractivity contribution is 0.0239. The molecule has 1 aliphatic rings. The van der Waals surface area contributed by atoms with Crippen LogP contribution in [0.2, 0.25) is 0 Å². The zero-order valence-electron chi connectivity index (χ0n) is 17.3. The van der Waals surface area contributed by atoms with Crippen molar-refractivity contribution >= 4 is 0 Å². The zero-order chi connectivity index (χ0) is 21.9. The van der Waals surface area contributed by atoms with Crippen molar-refractivity contribution in [3.05, 3.63) is 95.9 Å². The predicted molar refractivity (Wildman–Crippen MR) is 118 cm³/mol. The third-order valence-corrected chi connectivity index (χ3v) is 5.75. The Labute approximate surface area is 184 Å². The largest absolute Gasteiger partial charge is 0.379 e. The number of hydrogen-bond donors (Lipinski definition) is 1. The van der Waals surface area contributed by atoms with Gasteiger partial charge >= 0.3 is 0 Å². The molecule has 2 aromatic carbocycles. The molecule has 162 valence electrons. The monoisotopic (exact) mass is 432 g/mol. The SMILES string of the molecule is Fc1ccc(-c2ncc(C(c3cn[nH]c3)N3CCOCC3)cc2-c2ccccc2F)cc1. The molecule has 1 unspecified atom stereocenters. The lowest BCUT2D eigenvalue weighted by Gasteiger charge is -2.34. The van der Waals surface area contributed by atoms with Crippen molar-refractivity contribution in [3.63, 3.8) is 0 Å². The third-order valence-electron chi connectivity index (χ3n) is 5.75. The van der Waals surface area contributed by atoms with E-state index in [1.807, 2.05) is 18.5 Å². The number of nitrogens with zero attached hydrogens (tertiary/aromatic N) is 3. The maximum absolute atomic E-state index is 14.9. The lowest BCUT2D eigenvalue weighted by Crippen LogP contribution is -2.39. The Balaban J connectivity index is 1.67. The Kier molecular flexibility index (Phi) is 5.75. The van der Waals surface area contributed by atoms with Gasteiger partial charge in [-0.05, 0) is 42.0 Å². The molecule has 1 saturated heterocycles. The van der Waals surface area contributed by atoms with Crippen molar-refractivity contribution in [1.82, 2.24) is 20.1 Å². The quantitative estimate of drug-likeness (QED) is 0.490. The van der Waals surface area contributed by atoms with Gasteiger partial charge < -0.3 is 4.74 Å². The van der Waals surface area contributed by atoms with Crippen LogP contribution < -0.4 is 0 Å². The van der Waals surface area contributed by atoms with E-state index < -0.39 is 0 Å². The number of pyridine rings is 1. The summed E-state index contributed by atoms with van der Waals surface area (Å²) in [7, 11) is 0. The van der Waals surface area contributed by atoms with Gasteiger partial charge in [0, 0.05) is 47.7 Å². The molecule has 2 aromatic heterocycles. The van der Waals surface area contributed by atoms with Crippen molar-refractivity contribution < 1.29 is 13.5 Å². The third kappa shape index (κ3) is 4.04. The molecule has 0 spiro atoms. The first kappa shape index (κ1) is 20.5. The Morgan fingerprint density at radius 2 is 1.69 bits per heavy atom. The van der Waals surface area contributed by atoms with Crippen molar-refractivity contribution in [2.75, 3.05) is 26.3 Å². The fourth-order valence-electron chi connectivity index (χ4n) is 4.21. The van der Waals surface area contributed by atoms with Crippen LogP contribution in [0.5, 0.6) is 0 Å². The minimum absolute atomic E-state index is 0.0991. The van der Waals surface area contributed by atoms with Gasteiger partial charge in [0.05, 0.1) is 31.1 Å². The van der Waals surface area contributed by atoms with Crippen molar-refractivity contribution in [1.29, 1.82) is 0 Å². The molecule has 1 aliphatic heterocycles. The van der Waals surface area contributed by atoms with Gasteiger partial charge in [-0.3, -0.25) is 15.0 Å². The number of halogens is 2. The van der Waals surface area contributed by atoms with E-state index in [2.05, 4.69) is 15.1 Å². The van der Waals surface area contributed by atoms with Crippen LogP contribution in [0, 0.1) is 11.6 Å². The molecule has 1 atom stereocenters. The number of ether oxygens (including phenoxy) is 1. The number of aromatic nitrogens is 3. The van der Waals surface area contributed by atoms with Gasteiger partial charge in [0.2, 0.25) is 0 Å². The van der Waals surface area contributed by atoms with Crippen LogP contribution in [0.1, 0.15) is 17.2 Å². The number of morpholine rings is 1. The van der Waals surface area contributed by atoms with Gasteiger partial charge in [0.25, 0.3) is 0 Å². The fraction of sp³-hybridized carbons (Fsp3) is 0.200. The summed E-state index contributed by atoms with van der Waals surface area (Å²) in [5.41, 5.74) is 4.37. The van der Waals surface area contributed by atoms with Gasteiger partial charge in [-0.25, -0.2) is 8.78 Å². The van der Waals surface area contributed by atoms with Crippen LogP contribution in [0.4, 0.5) is 8.78 Å². The number of hydrogen-bond acceptors (Lipinski definition) is 4. The predicted octanol–water partition coefficient (Wildman–Crippen LogP) is 4.84. The molecule has 0 aliphatic carbocycles. The number of benzene rings is 2. The second kappa shape index (κ2) is 8.98. The van der Waals surface area contributed by atoms with Crippen molar-refractivity contribution in [2.24, 2.45) is 0 Å². The molecule has 32 heavy (non-hydrogen) atoms. The molecular formula is C25H22F2N4O. The lowest BCUT2D eigenvalue weighted by atomic mass is 9.93. The summed E-state index contributed by atoms with van der Waals surface area (Å²) in [5.74, 6) is -0.661. The first-order chi connectivity index (χ1) is 15.7. The molecule has 0 saturated carbocycles. The molecule has 1 fully saturated rings. The minimum atomic E-state index is -0.332. The van der Waals surface area contributed by atoms with Crippen LogP contribution in [-0.4, -0.2) is 46.4 Å². The van der Waals surface area contributed by atoms with E-state index in [9.17, 15) is 8.78 Å². The number of H-pyrrole nitrogens is 1. The van der Waals surface area contributed by atoms with E-state index in [0.29, 0.717) is 30.0 Å². The zero-order valence-corrected chi connectivity index (χ0v) is 17.3. The van der Waals surface area contributed by atoms with Crippen LogP contribution in [-0.2, 0) is 4.74 Å². The van der Waals surface area contributed by atoms with Crippen LogP contribution in [0.25, 0.3) is 22.4 Å². The number of aromatic amines is 1. The highest BCUT2D eigenvalue weighted by Gasteiger charge is 2.27. The van der Waals surface area contributed by atoms with Crippen molar-refractivity contribution in [2.45, 2.75) is 6.04 Å². The highest BCUT2D eigenvalue weighted by atomic mass is 19.1. The van der Waals surface area contributed by atoms with Crippen LogP contribution >= 0.6 is 0 Å². The summed E-state index contributed by atoms with van der Waals surface area (Å²) in [6.07, 6.45) is 5.49. The summed E-state index contributed by atoms with van der Waals surface area (Å²) < 4.78 is 33.9. The highest BCUT2D eigenvalue weighted by molar-refractivity contribution is 5.81. The van der Waals surface area contributed by atoms with E-state index in [1.54, 1.807) is 36.5 Å². The Morgan fingerprint density at radius 1 is 0.906 bits per heavy atom. The standard InChI is InChI=1S/C25H22F2N4O/c26-20-7-5-17(6-8-20)24-22(21-3-1-2-4-23(21)27)13-18(14-28-24)25(19-15-29-30-16-19)31-9-11-32-12-10-31/h1-8,13-16,25H,9-12H2,(H,29,30).